The Hall–Kier alpha value is -2.40. The molecule has 0 N–H and O–H groups in total. The van der Waals surface area contributed by atoms with Gasteiger partial charge in [0.15, 0.2) is 0 Å². The van der Waals surface area contributed by atoms with Gasteiger partial charge in [-0.3, -0.25) is 4.79 Å². The molecule has 0 atom stereocenters. The van der Waals surface area contributed by atoms with Crippen LogP contribution >= 0.6 is 11.6 Å². The Kier molecular flexibility index (Phi) is 4.30. The average Bonchev–Trinajstić information content (AvgIpc) is 2.96. The maximum Gasteiger partial charge on any atom is 0.253 e. The van der Waals surface area contributed by atoms with E-state index in [2.05, 4.69) is 10.3 Å². The smallest absolute Gasteiger partial charge is 0.253 e. The van der Waals surface area contributed by atoms with Crippen LogP contribution in [0.1, 0.15) is 22.8 Å². The molecule has 0 aliphatic heterocycles. The third-order valence-electron chi connectivity index (χ3n) is 3.72. The summed E-state index contributed by atoms with van der Waals surface area (Å²) in [4.78, 5) is 14.3. The van der Waals surface area contributed by atoms with Gasteiger partial charge in [-0.2, -0.15) is 0 Å². The van der Waals surface area contributed by atoms with E-state index >= 15 is 0 Å². The number of amides is 1. The minimum absolute atomic E-state index is 0.0575. The summed E-state index contributed by atoms with van der Waals surface area (Å²) in [5.41, 5.74) is 3.26. The Balaban J connectivity index is 1.81. The van der Waals surface area contributed by atoms with Crippen molar-refractivity contribution < 1.29 is 4.79 Å². The maximum atomic E-state index is 12.6. The van der Waals surface area contributed by atoms with Crippen LogP contribution in [-0.4, -0.2) is 32.8 Å². The Bertz CT molecular complexity index is 859. The first-order valence-electron chi connectivity index (χ1n) is 7.41. The van der Waals surface area contributed by atoms with Crippen molar-refractivity contribution in [1.29, 1.82) is 0 Å². The van der Waals surface area contributed by atoms with Gasteiger partial charge in [-0.1, -0.05) is 28.9 Å². The van der Waals surface area contributed by atoms with Gasteiger partial charge in [0.25, 0.3) is 5.91 Å². The van der Waals surface area contributed by atoms with Crippen LogP contribution in [0.3, 0.4) is 0 Å². The van der Waals surface area contributed by atoms with Gasteiger partial charge in [-0.25, -0.2) is 4.68 Å². The van der Waals surface area contributed by atoms with Gasteiger partial charge in [0, 0.05) is 30.7 Å². The van der Waals surface area contributed by atoms with Crippen LogP contribution in [0.2, 0.25) is 5.02 Å². The second-order valence-corrected chi connectivity index (χ2v) is 5.84. The Morgan fingerprint density at radius 2 is 2.09 bits per heavy atom. The first kappa shape index (κ1) is 15.5. The number of fused-ring (bicyclic) bond motifs is 1. The van der Waals surface area contributed by atoms with E-state index < -0.39 is 0 Å². The topological polar surface area (TPSA) is 51.0 Å². The first-order chi connectivity index (χ1) is 11.1. The van der Waals surface area contributed by atoms with Crippen LogP contribution in [0.4, 0.5) is 0 Å². The number of aryl methyl sites for hydroxylation is 1. The highest BCUT2D eigenvalue weighted by molar-refractivity contribution is 6.30. The minimum Gasteiger partial charge on any atom is -0.337 e. The zero-order valence-electron chi connectivity index (χ0n) is 13.0. The number of rotatable bonds is 4. The van der Waals surface area contributed by atoms with Crippen molar-refractivity contribution in [2.24, 2.45) is 0 Å². The molecule has 2 aromatic carbocycles. The summed E-state index contributed by atoms with van der Waals surface area (Å²) in [6, 6.07) is 13.0. The molecular formula is C17H17ClN4O. The molecular weight excluding hydrogens is 312 g/mol. The normalized spacial score (nSPS) is 10.9. The van der Waals surface area contributed by atoms with Gasteiger partial charge < -0.3 is 4.90 Å². The SMILES string of the molecule is CCn1nnc2cc(C(=O)N(C)Cc3cccc(Cl)c3)ccc21. The summed E-state index contributed by atoms with van der Waals surface area (Å²) in [5.74, 6) is -0.0575. The van der Waals surface area contributed by atoms with E-state index in [0.717, 1.165) is 23.1 Å². The molecule has 23 heavy (non-hydrogen) atoms. The number of aromatic nitrogens is 3. The highest BCUT2D eigenvalue weighted by Gasteiger charge is 2.14. The quantitative estimate of drug-likeness (QED) is 0.737. The van der Waals surface area contributed by atoms with Gasteiger partial charge in [0.2, 0.25) is 0 Å². The molecule has 0 radical (unpaired) electrons. The van der Waals surface area contributed by atoms with E-state index in [9.17, 15) is 4.79 Å². The van der Waals surface area contributed by atoms with E-state index in [-0.39, 0.29) is 5.91 Å². The summed E-state index contributed by atoms with van der Waals surface area (Å²) in [6.45, 7) is 3.25. The summed E-state index contributed by atoms with van der Waals surface area (Å²) < 4.78 is 1.80. The molecule has 0 spiro atoms. The molecule has 1 amide bonds. The molecule has 1 aromatic heterocycles. The fourth-order valence-electron chi connectivity index (χ4n) is 2.54. The number of nitrogens with zero attached hydrogens (tertiary/aromatic N) is 4. The molecule has 0 unspecified atom stereocenters. The third kappa shape index (κ3) is 3.19. The number of carbonyl (C=O) groups is 1. The molecule has 5 nitrogen and oxygen atoms in total. The van der Waals surface area contributed by atoms with Crippen molar-refractivity contribution in [1.82, 2.24) is 19.9 Å². The van der Waals surface area contributed by atoms with Gasteiger partial charge >= 0.3 is 0 Å². The number of hydrogen-bond donors (Lipinski definition) is 0. The number of halogens is 1. The van der Waals surface area contributed by atoms with E-state index in [1.807, 2.05) is 43.3 Å². The second kappa shape index (κ2) is 6.38. The lowest BCUT2D eigenvalue weighted by atomic mass is 10.1. The molecule has 0 aliphatic rings. The van der Waals surface area contributed by atoms with E-state index in [0.29, 0.717) is 17.1 Å². The molecule has 1 heterocycles. The highest BCUT2D eigenvalue weighted by Crippen LogP contribution is 2.17. The van der Waals surface area contributed by atoms with Crippen molar-refractivity contribution in [2.75, 3.05) is 7.05 Å². The van der Waals surface area contributed by atoms with Crippen molar-refractivity contribution in [3.05, 3.63) is 58.6 Å². The molecule has 118 valence electrons. The molecule has 6 heteroatoms. The molecule has 0 saturated carbocycles. The molecule has 0 saturated heterocycles. The largest absolute Gasteiger partial charge is 0.337 e. The zero-order chi connectivity index (χ0) is 16.4. The van der Waals surface area contributed by atoms with Gasteiger partial charge in [0.05, 0.1) is 5.52 Å². The van der Waals surface area contributed by atoms with Crippen LogP contribution in [0.15, 0.2) is 42.5 Å². The lowest BCUT2D eigenvalue weighted by Gasteiger charge is -2.17. The molecule has 0 bridgehead atoms. The molecule has 3 aromatic rings. The van der Waals surface area contributed by atoms with Crippen LogP contribution in [0.5, 0.6) is 0 Å². The van der Waals surface area contributed by atoms with E-state index in [4.69, 9.17) is 11.6 Å². The summed E-state index contributed by atoms with van der Waals surface area (Å²) in [5, 5.41) is 8.84. The number of benzene rings is 2. The predicted molar refractivity (Wildman–Crippen MR) is 90.5 cm³/mol. The fraction of sp³-hybridized carbons (Fsp3) is 0.235. The van der Waals surface area contributed by atoms with Crippen molar-refractivity contribution in [3.8, 4) is 0 Å². The van der Waals surface area contributed by atoms with E-state index in [1.54, 1.807) is 22.7 Å². The average molecular weight is 329 g/mol. The molecule has 0 aliphatic carbocycles. The third-order valence-corrected chi connectivity index (χ3v) is 3.95. The highest BCUT2D eigenvalue weighted by atomic mass is 35.5. The van der Waals surface area contributed by atoms with Crippen LogP contribution < -0.4 is 0 Å². The summed E-state index contributed by atoms with van der Waals surface area (Å²) >= 11 is 5.99. The Morgan fingerprint density at radius 1 is 1.26 bits per heavy atom. The van der Waals surface area contributed by atoms with E-state index in [1.165, 1.54) is 0 Å². The number of carbonyl (C=O) groups excluding carboxylic acids is 1. The van der Waals surface area contributed by atoms with Crippen molar-refractivity contribution >= 4 is 28.5 Å². The van der Waals surface area contributed by atoms with Crippen LogP contribution in [-0.2, 0) is 13.1 Å². The minimum atomic E-state index is -0.0575. The predicted octanol–water partition coefficient (Wildman–Crippen LogP) is 3.38. The van der Waals surface area contributed by atoms with Crippen LogP contribution in [0.25, 0.3) is 11.0 Å². The number of hydrogen-bond acceptors (Lipinski definition) is 3. The van der Waals surface area contributed by atoms with Crippen molar-refractivity contribution in [3.63, 3.8) is 0 Å². The fourth-order valence-corrected chi connectivity index (χ4v) is 2.75. The first-order valence-corrected chi connectivity index (χ1v) is 7.79. The van der Waals surface area contributed by atoms with Crippen molar-refractivity contribution in [2.45, 2.75) is 20.0 Å². The Labute approximate surface area is 139 Å². The van der Waals surface area contributed by atoms with Gasteiger partial charge in [0.1, 0.15) is 5.52 Å². The Morgan fingerprint density at radius 3 is 2.83 bits per heavy atom. The standard InChI is InChI=1S/C17H17ClN4O/c1-3-22-16-8-7-13(10-15(16)19-20-22)17(23)21(2)11-12-5-4-6-14(18)9-12/h4-10H,3,11H2,1-2H3. The monoisotopic (exact) mass is 328 g/mol. The molecule has 3 rings (SSSR count). The zero-order valence-corrected chi connectivity index (χ0v) is 13.8. The lowest BCUT2D eigenvalue weighted by molar-refractivity contribution is 0.0785. The van der Waals surface area contributed by atoms with Crippen LogP contribution in [0, 0.1) is 0 Å². The second-order valence-electron chi connectivity index (χ2n) is 5.40. The maximum absolute atomic E-state index is 12.6. The van der Waals surface area contributed by atoms with Gasteiger partial charge in [-0.05, 0) is 42.8 Å². The summed E-state index contributed by atoms with van der Waals surface area (Å²) in [6.07, 6.45) is 0. The lowest BCUT2D eigenvalue weighted by Crippen LogP contribution is -2.26. The molecule has 0 fully saturated rings. The summed E-state index contributed by atoms with van der Waals surface area (Å²) in [7, 11) is 1.77. The van der Waals surface area contributed by atoms with Gasteiger partial charge in [-0.15, -0.1) is 5.10 Å².